The lowest BCUT2D eigenvalue weighted by Gasteiger charge is -2.11. The molecule has 2 rings (SSSR count). The molecule has 0 fully saturated rings. The Kier molecular flexibility index (Phi) is 4.48. The first-order valence-electron chi connectivity index (χ1n) is 5.14. The molecule has 0 spiro atoms. The highest BCUT2D eigenvalue weighted by Crippen LogP contribution is 2.31. The Labute approximate surface area is 114 Å². The lowest BCUT2D eigenvalue weighted by molar-refractivity contribution is -0.0435. The fourth-order valence-corrected chi connectivity index (χ4v) is 2.62. The van der Waals surface area contributed by atoms with Crippen molar-refractivity contribution in [3.05, 3.63) is 24.3 Å². The third-order valence-electron chi connectivity index (χ3n) is 2.06. The second-order valence-electron chi connectivity index (χ2n) is 3.42. The largest absolute Gasteiger partial charge is 0.604 e. The molecule has 0 amide bonds. The molecule has 0 saturated carbocycles. The molecule has 0 radical (unpaired) electrons. The molecule has 1 heterocycles. The van der Waals surface area contributed by atoms with E-state index >= 15 is 0 Å². The summed E-state index contributed by atoms with van der Waals surface area (Å²) in [4.78, 5) is 3.68. The van der Waals surface area contributed by atoms with Gasteiger partial charge in [0.05, 0.1) is 23.4 Å². The van der Waals surface area contributed by atoms with Crippen LogP contribution in [0.4, 0.5) is 18.9 Å². The molecule has 1 aromatic carbocycles. The quantitative estimate of drug-likeness (QED) is 0.620. The van der Waals surface area contributed by atoms with Crippen LogP contribution >= 0.6 is 11.8 Å². The van der Waals surface area contributed by atoms with E-state index in [1.807, 2.05) is 0 Å². The van der Waals surface area contributed by atoms with Crippen LogP contribution in [0.15, 0.2) is 44.4 Å². The molecule has 9 heteroatoms. The topological polar surface area (TPSA) is 60.1 Å². The van der Waals surface area contributed by atoms with E-state index in [1.165, 1.54) is 23.9 Å². The number of aliphatic imine (C=N–C) groups is 1. The summed E-state index contributed by atoms with van der Waals surface area (Å²) in [6.07, 6.45) is 0. The molecule has 4 nitrogen and oxygen atoms in total. The average Bonchev–Trinajstić information content (AvgIpc) is 2.88. The van der Waals surface area contributed by atoms with E-state index in [-0.39, 0.29) is 10.6 Å². The van der Waals surface area contributed by atoms with Gasteiger partial charge in [-0.3, -0.25) is 4.99 Å². The van der Waals surface area contributed by atoms with Crippen molar-refractivity contribution in [2.75, 3.05) is 12.3 Å². The lowest BCUT2D eigenvalue weighted by Crippen LogP contribution is -2.23. The zero-order chi connectivity index (χ0) is 13.9. The maximum atomic E-state index is 12.3. The summed E-state index contributed by atoms with van der Waals surface area (Å²) in [6, 6.07) is 5.09. The minimum Gasteiger partial charge on any atom is -0.604 e. The fourth-order valence-electron chi connectivity index (χ4n) is 1.28. The summed E-state index contributed by atoms with van der Waals surface area (Å²) in [5, 5.41) is 8.10. The van der Waals surface area contributed by atoms with Crippen molar-refractivity contribution in [2.45, 2.75) is 10.4 Å². The van der Waals surface area contributed by atoms with Gasteiger partial charge in [0.2, 0.25) is 5.17 Å². The first-order chi connectivity index (χ1) is 8.97. The standard InChI is InChI=1S/C10H8F3N3OS2/c11-10(12,13)19(17)8-3-1-2-7(6-8)15-16-9-14-4-5-18-9/h1-3,6H,4-5H2/b16-15+. The number of benzene rings is 1. The van der Waals surface area contributed by atoms with Gasteiger partial charge in [0.1, 0.15) is 0 Å². The SMILES string of the molecule is [O-][S+](c1cccc(/N=N/C2=NCCS2)c1)C(F)(F)F. The van der Waals surface area contributed by atoms with Gasteiger partial charge in [-0.05, 0) is 12.1 Å². The van der Waals surface area contributed by atoms with Crippen LogP contribution in [0.25, 0.3) is 0 Å². The monoisotopic (exact) mass is 307 g/mol. The van der Waals surface area contributed by atoms with Crippen molar-refractivity contribution in [2.24, 2.45) is 15.2 Å². The van der Waals surface area contributed by atoms with Crippen molar-refractivity contribution < 1.29 is 17.7 Å². The van der Waals surface area contributed by atoms with Gasteiger partial charge < -0.3 is 4.55 Å². The number of azo groups is 1. The zero-order valence-corrected chi connectivity index (χ0v) is 11.1. The van der Waals surface area contributed by atoms with Gasteiger partial charge in [-0.15, -0.1) is 23.4 Å². The highest BCUT2D eigenvalue weighted by atomic mass is 32.2. The summed E-state index contributed by atoms with van der Waals surface area (Å²) in [6.45, 7) is 0.664. The van der Waals surface area contributed by atoms with Gasteiger partial charge in [0.25, 0.3) is 0 Å². The number of hydrogen-bond acceptors (Lipinski definition) is 5. The highest BCUT2D eigenvalue weighted by Gasteiger charge is 2.46. The first kappa shape index (κ1) is 14.4. The molecular weight excluding hydrogens is 299 g/mol. The molecular formula is C10H8F3N3OS2. The van der Waals surface area contributed by atoms with Crippen LogP contribution in [-0.2, 0) is 11.2 Å². The minimum atomic E-state index is -4.78. The summed E-state index contributed by atoms with van der Waals surface area (Å²) in [7, 11) is 0. The molecule has 0 N–H and O–H groups in total. The predicted molar refractivity (Wildman–Crippen MR) is 68.2 cm³/mol. The van der Waals surface area contributed by atoms with Crippen molar-refractivity contribution in [1.82, 2.24) is 0 Å². The summed E-state index contributed by atoms with van der Waals surface area (Å²) < 4.78 is 48.1. The van der Waals surface area contributed by atoms with E-state index < -0.39 is 16.7 Å². The molecule has 0 saturated heterocycles. The van der Waals surface area contributed by atoms with E-state index in [1.54, 1.807) is 0 Å². The molecule has 1 aliphatic heterocycles. The minimum absolute atomic E-state index is 0.213. The van der Waals surface area contributed by atoms with Gasteiger partial charge in [-0.25, -0.2) is 0 Å². The van der Waals surface area contributed by atoms with Gasteiger partial charge in [0.15, 0.2) is 4.90 Å². The number of thioether (sulfide) groups is 1. The van der Waals surface area contributed by atoms with Crippen LogP contribution in [0.5, 0.6) is 0 Å². The molecule has 1 aromatic rings. The van der Waals surface area contributed by atoms with Crippen molar-refractivity contribution >= 4 is 33.8 Å². The molecule has 102 valence electrons. The predicted octanol–water partition coefficient (Wildman–Crippen LogP) is 3.50. The number of amidine groups is 1. The smallest absolute Gasteiger partial charge is 0.578 e. The van der Waals surface area contributed by atoms with Gasteiger partial charge in [-0.2, -0.15) is 0 Å². The van der Waals surface area contributed by atoms with Crippen molar-refractivity contribution in [3.8, 4) is 0 Å². The number of nitrogens with zero attached hydrogens (tertiary/aromatic N) is 3. The average molecular weight is 307 g/mol. The van der Waals surface area contributed by atoms with Crippen LogP contribution in [0.2, 0.25) is 0 Å². The van der Waals surface area contributed by atoms with Crippen LogP contribution < -0.4 is 0 Å². The first-order valence-corrected chi connectivity index (χ1v) is 7.28. The molecule has 1 aliphatic rings. The third-order valence-corrected chi connectivity index (χ3v) is 4.02. The summed E-state index contributed by atoms with van der Waals surface area (Å²) in [5.74, 6) is 0.826. The Morgan fingerprint density at radius 2 is 2.11 bits per heavy atom. The van der Waals surface area contributed by atoms with Crippen LogP contribution in [0, 0.1) is 0 Å². The Balaban J connectivity index is 2.15. The van der Waals surface area contributed by atoms with Crippen LogP contribution in [0.1, 0.15) is 0 Å². The van der Waals surface area contributed by atoms with Gasteiger partial charge in [-0.1, -0.05) is 17.8 Å². The Bertz CT molecular complexity index is 519. The van der Waals surface area contributed by atoms with Gasteiger partial charge in [0, 0.05) is 11.8 Å². The maximum Gasteiger partial charge on any atom is 0.578 e. The number of halogens is 3. The molecule has 0 aromatic heterocycles. The maximum absolute atomic E-state index is 12.3. The number of rotatable bonds is 2. The van der Waals surface area contributed by atoms with E-state index in [0.29, 0.717) is 11.7 Å². The molecule has 0 bridgehead atoms. The Morgan fingerprint density at radius 3 is 2.74 bits per heavy atom. The third kappa shape index (κ3) is 3.95. The van der Waals surface area contributed by atoms with E-state index in [2.05, 4.69) is 15.2 Å². The van der Waals surface area contributed by atoms with E-state index in [4.69, 9.17) is 0 Å². The normalized spacial score (nSPS) is 17.8. The Morgan fingerprint density at radius 1 is 1.32 bits per heavy atom. The molecule has 1 atom stereocenters. The second-order valence-corrected chi connectivity index (χ2v) is 5.96. The van der Waals surface area contributed by atoms with Gasteiger partial charge >= 0.3 is 5.51 Å². The highest BCUT2D eigenvalue weighted by molar-refractivity contribution is 8.14. The van der Waals surface area contributed by atoms with Crippen molar-refractivity contribution in [1.29, 1.82) is 0 Å². The lowest BCUT2D eigenvalue weighted by atomic mass is 10.3. The van der Waals surface area contributed by atoms with E-state index in [9.17, 15) is 17.7 Å². The zero-order valence-electron chi connectivity index (χ0n) is 9.42. The second kappa shape index (κ2) is 5.93. The molecule has 0 aliphatic carbocycles. The van der Waals surface area contributed by atoms with Crippen LogP contribution in [0.3, 0.4) is 0 Å². The fraction of sp³-hybridized carbons (Fsp3) is 0.300. The molecule has 19 heavy (non-hydrogen) atoms. The van der Waals surface area contributed by atoms with E-state index in [0.717, 1.165) is 17.9 Å². The Hall–Kier alpha value is -1.06. The number of alkyl halides is 3. The summed E-state index contributed by atoms with van der Waals surface area (Å²) in [5.41, 5.74) is -4.56. The number of hydrogen-bond donors (Lipinski definition) is 0. The van der Waals surface area contributed by atoms with Crippen molar-refractivity contribution in [3.63, 3.8) is 0 Å². The molecule has 1 unspecified atom stereocenters. The summed E-state index contributed by atoms with van der Waals surface area (Å²) >= 11 is -1.63. The van der Waals surface area contributed by atoms with Crippen LogP contribution in [-0.4, -0.2) is 27.5 Å².